The summed E-state index contributed by atoms with van der Waals surface area (Å²) < 4.78 is 13.4. The molecular formula is C35H47BN2O4. The van der Waals surface area contributed by atoms with Crippen molar-refractivity contribution in [1.82, 2.24) is 10.6 Å². The standard InChI is InChI=1S/C35H47BN2O4/c1-22(2)18-31(36-41-30-21-25-20-29(34(25,3)4)35(30,5)42-36)38-33(40)28(19-23-12-7-6-8-13-23)37-32(39)27-17-11-15-24-14-9-10-16-26(24)27/h6-10,12-14,16,22,25,27-31H,11,15,17-21H2,1-5H3,(H,37,39)(H,38,40)/t25?,27-,28+,29?,30-,31+,35-/m1/s1. The van der Waals surface area contributed by atoms with E-state index in [0.717, 1.165) is 43.2 Å². The van der Waals surface area contributed by atoms with Gasteiger partial charge in [0, 0.05) is 6.42 Å². The lowest BCUT2D eigenvalue weighted by Gasteiger charge is -2.64. The maximum absolute atomic E-state index is 14.1. The van der Waals surface area contributed by atoms with Crippen LogP contribution in [0.25, 0.3) is 0 Å². The minimum Gasteiger partial charge on any atom is -0.404 e. The lowest BCUT2D eigenvalue weighted by molar-refractivity contribution is -0.199. The van der Waals surface area contributed by atoms with Crippen molar-refractivity contribution in [3.8, 4) is 0 Å². The highest BCUT2D eigenvalue weighted by molar-refractivity contribution is 6.48. The maximum atomic E-state index is 14.1. The molecule has 0 radical (unpaired) electrons. The van der Waals surface area contributed by atoms with Crippen LogP contribution in [0.4, 0.5) is 0 Å². The van der Waals surface area contributed by atoms with Crippen molar-refractivity contribution in [1.29, 1.82) is 0 Å². The third-order valence-electron chi connectivity index (χ3n) is 11.0. The van der Waals surface area contributed by atoms with Crippen LogP contribution in [-0.4, -0.2) is 42.6 Å². The van der Waals surface area contributed by atoms with E-state index in [-0.39, 0.29) is 40.8 Å². The molecule has 2 bridgehead atoms. The zero-order valence-corrected chi connectivity index (χ0v) is 25.9. The van der Waals surface area contributed by atoms with E-state index in [1.165, 1.54) is 12.0 Å². The molecule has 42 heavy (non-hydrogen) atoms. The van der Waals surface area contributed by atoms with Crippen molar-refractivity contribution in [2.45, 2.75) is 109 Å². The van der Waals surface area contributed by atoms with Crippen LogP contribution in [0.2, 0.25) is 0 Å². The number of aryl methyl sites for hydroxylation is 1. The number of rotatable bonds is 9. The van der Waals surface area contributed by atoms with Crippen LogP contribution in [0.15, 0.2) is 54.6 Å². The second kappa shape index (κ2) is 11.5. The number of fused-ring (bicyclic) bond motifs is 1. The fourth-order valence-electron chi connectivity index (χ4n) is 8.46. The van der Waals surface area contributed by atoms with E-state index in [0.29, 0.717) is 24.2 Å². The normalized spacial score (nSPS) is 30.5. The summed E-state index contributed by atoms with van der Waals surface area (Å²) in [5.41, 5.74) is 3.24. The van der Waals surface area contributed by atoms with Gasteiger partial charge in [0.15, 0.2) is 0 Å². The molecule has 2 N–H and O–H groups in total. The number of carbonyl (C=O) groups is 2. The summed E-state index contributed by atoms with van der Waals surface area (Å²) in [4.78, 5) is 27.9. The molecule has 7 atom stereocenters. The van der Waals surface area contributed by atoms with Crippen molar-refractivity contribution >= 4 is 18.9 Å². The molecule has 0 spiro atoms. The van der Waals surface area contributed by atoms with Gasteiger partial charge in [0.1, 0.15) is 6.04 Å². The minimum atomic E-state index is -0.699. The van der Waals surface area contributed by atoms with E-state index in [1.54, 1.807) is 0 Å². The summed E-state index contributed by atoms with van der Waals surface area (Å²) >= 11 is 0. The maximum Gasteiger partial charge on any atom is 0.481 e. The van der Waals surface area contributed by atoms with Gasteiger partial charge in [-0.3, -0.25) is 9.59 Å². The van der Waals surface area contributed by atoms with Gasteiger partial charge in [-0.1, -0.05) is 82.3 Å². The molecule has 4 fully saturated rings. The SMILES string of the molecule is CC(C)C[C@H](NC(=O)[C@H](Cc1ccccc1)NC(=O)[C@@H]1CCCc2ccccc21)B1O[C@@H]2CC3CC(C3(C)C)[C@@]2(C)O1. The smallest absolute Gasteiger partial charge is 0.404 e. The van der Waals surface area contributed by atoms with Crippen molar-refractivity contribution in [2.75, 3.05) is 0 Å². The Morgan fingerprint density at radius 1 is 1.00 bits per heavy atom. The number of hydrogen-bond acceptors (Lipinski definition) is 4. The molecule has 7 rings (SSSR count). The highest BCUT2D eigenvalue weighted by atomic mass is 16.7. The fraction of sp³-hybridized carbons (Fsp3) is 0.600. The summed E-state index contributed by atoms with van der Waals surface area (Å²) in [5.74, 6) is 0.655. The van der Waals surface area contributed by atoms with Gasteiger partial charge in [-0.2, -0.15) is 0 Å². The molecule has 1 saturated heterocycles. The van der Waals surface area contributed by atoms with Crippen LogP contribution in [-0.2, 0) is 31.7 Å². The van der Waals surface area contributed by atoms with Crippen LogP contribution >= 0.6 is 0 Å². The number of nitrogens with one attached hydrogen (secondary N) is 2. The van der Waals surface area contributed by atoms with Gasteiger partial charge in [0.05, 0.1) is 23.6 Å². The van der Waals surface area contributed by atoms with Gasteiger partial charge in [0.2, 0.25) is 11.8 Å². The molecule has 4 aliphatic carbocycles. The molecule has 3 saturated carbocycles. The molecule has 1 heterocycles. The topological polar surface area (TPSA) is 76.7 Å². The minimum absolute atomic E-state index is 0.0528. The first-order valence-corrected chi connectivity index (χ1v) is 16.1. The average Bonchev–Trinajstić information content (AvgIpc) is 3.33. The number of carbonyl (C=O) groups excluding carboxylic acids is 2. The second-order valence-corrected chi connectivity index (χ2v) is 14.5. The Kier molecular flexibility index (Phi) is 8.03. The fourth-order valence-corrected chi connectivity index (χ4v) is 8.46. The molecule has 2 unspecified atom stereocenters. The summed E-state index contributed by atoms with van der Waals surface area (Å²) in [6, 6.07) is 17.4. The summed E-state index contributed by atoms with van der Waals surface area (Å²) in [6.45, 7) is 11.3. The molecule has 7 heteroatoms. The molecular weight excluding hydrogens is 523 g/mol. The first-order valence-electron chi connectivity index (χ1n) is 16.1. The molecule has 2 amide bonds. The lowest BCUT2D eigenvalue weighted by Crippen LogP contribution is -2.65. The van der Waals surface area contributed by atoms with Crippen molar-refractivity contribution in [2.24, 2.45) is 23.2 Å². The Morgan fingerprint density at radius 3 is 2.48 bits per heavy atom. The van der Waals surface area contributed by atoms with E-state index in [2.05, 4.69) is 57.4 Å². The first-order chi connectivity index (χ1) is 20.1. The Hall–Kier alpha value is -2.64. The van der Waals surface area contributed by atoms with Gasteiger partial charge in [-0.05, 0) is 85.3 Å². The Balaban J connectivity index is 1.21. The molecule has 2 aromatic rings. The van der Waals surface area contributed by atoms with Crippen molar-refractivity contribution < 1.29 is 18.9 Å². The highest BCUT2D eigenvalue weighted by Gasteiger charge is 2.68. The largest absolute Gasteiger partial charge is 0.481 e. The highest BCUT2D eigenvalue weighted by Crippen LogP contribution is 2.65. The quantitative estimate of drug-likeness (QED) is 0.383. The predicted octanol–water partition coefficient (Wildman–Crippen LogP) is 5.63. The van der Waals surface area contributed by atoms with E-state index >= 15 is 0 Å². The summed E-state index contributed by atoms with van der Waals surface area (Å²) in [5, 5.41) is 6.48. The number of hydrogen-bond donors (Lipinski definition) is 2. The van der Waals surface area contributed by atoms with Crippen LogP contribution < -0.4 is 10.6 Å². The zero-order chi connectivity index (χ0) is 29.6. The van der Waals surface area contributed by atoms with Gasteiger partial charge in [-0.25, -0.2) is 0 Å². The lowest BCUT2D eigenvalue weighted by atomic mass is 9.43. The van der Waals surface area contributed by atoms with E-state index in [1.807, 2.05) is 42.5 Å². The summed E-state index contributed by atoms with van der Waals surface area (Å²) in [7, 11) is -0.500. The zero-order valence-electron chi connectivity index (χ0n) is 25.9. The number of benzene rings is 2. The monoisotopic (exact) mass is 570 g/mol. The van der Waals surface area contributed by atoms with Gasteiger partial charge in [-0.15, -0.1) is 0 Å². The molecule has 1 aliphatic heterocycles. The third kappa shape index (κ3) is 5.43. The summed E-state index contributed by atoms with van der Waals surface area (Å²) in [6.07, 6.45) is 6.16. The first kappa shape index (κ1) is 29.4. The van der Waals surface area contributed by atoms with Crippen molar-refractivity contribution in [3.05, 3.63) is 71.3 Å². The van der Waals surface area contributed by atoms with E-state index < -0.39 is 13.2 Å². The van der Waals surface area contributed by atoms with Crippen LogP contribution in [0.5, 0.6) is 0 Å². The molecule has 2 aromatic carbocycles. The molecule has 224 valence electrons. The van der Waals surface area contributed by atoms with Crippen LogP contribution in [0, 0.1) is 23.2 Å². The average molecular weight is 571 g/mol. The Bertz CT molecular complexity index is 1300. The molecule has 6 nitrogen and oxygen atoms in total. The molecule has 0 aromatic heterocycles. The Morgan fingerprint density at radius 2 is 1.74 bits per heavy atom. The van der Waals surface area contributed by atoms with E-state index in [9.17, 15) is 9.59 Å². The third-order valence-corrected chi connectivity index (χ3v) is 11.0. The van der Waals surface area contributed by atoms with E-state index in [4.69, 9.17) is 9.31 Å². The van der Waals surface area contributed by atoms with Gasteiger partial charge in [0.25, 0.3) is 0 Å². The van der Waals surface area contributed by atoms with Crippen molar-refractivity contribution in [3.63, 3.8) is 0 Å². The van der Waals surface area contributed by atoms with Gasteiger partial charge >= 0.3 is 7.12 Å². The van der Waals surface area contributed by atoms with Crippen LogP contribution in [0.1, 0.15) is 89.3 Å². The number of amides is 2. The second-order valence-electron chi connectivity index (χ2n) is 14.5. The Labute approximate surface area is 251 Å². The van der Waals surface area contributed by atoms with Gasteiger partial charge < -0.3 is 19.9 Å². The molecule has 5 aliphatic rings. The predicted molar refractivity (Wildman–Crippen MR) is 166 cm³/mol. The van der Waals surface area contributed by atoms with Crippen LogP contribution in [0.3, 0.4) is 0 Å².